The van der Waals surface area contributed by atoms with E-state index in [1.807, 2.05) is 60.7 Å². The van der Waals surface area contributed by atoms with Gasteiger partial charge in [-0.1, -0.05) is 103 Å². The summed E-state index contributed by atoms with van der Waals surface area (Å²) in [6.07, 6.45) is -4.29. The highest BCUT2D eigenvalue weighted by molar-refractivity contribution is 5.92. The molecule has 0 radical (unpaired) electrons. The van der Waals surface area contributed by atoms with Crippen molar-refractivity contribution in [3.63, 3.8) is 0 Å². The molecule has 0 bridgehead atoms. The standard InChI is InChI=1S/C24H14F6O4.C24H16F4O4.C24H18F4O3.C10H12O2/c25-15-5-13(6-16(26)21(15)29)23(31)33-19-9-11-3-1-2-4-12(11)10-20(19)34-24(32)14-7-17(27)22(30)18(28)8-14;25-17-5-15(6-18(26)11-17)23(29)31-21-9-13-3-1-2-4-14(13)10-22(21)32-24(30)16-7-19(27)12-20(28)8-16;25-18-7-5-14(9-20(18)27)13-30-22-11-15-3-1-2-4-16(15)12-23(22)31-24(29)17-6-8-19(26)21(28)10-17;11-9-5-7-3-1-2-4-8(7)6-10(9)12/h1-8,19-20H,9-10H2;1-8,11-12,21-22H,9-10H2;1-10,22-23H,11-13H2;1-4,9-12H,5-6H2/t19-,20+;21-,22+;22-,23+;9-,10+/m..1./s1. The van der Waals surface area contributed by atoms with Gasteiger partial charge in [0.25, 0.3) is 0 Å². The van der Waals surface area contributed by atoms with Crippen molar-refractivity contribution in [1.82, 2.24) is 0 Å². The second-order valence-corrected chi connectivity index (χ2v) is 25.6. The summed E-state index contributed by atoms with van der Waals surface area (Å²) < 4.78 is 221. The lowest BCUT2D eigenvalue weighted by Gasteiger charge is -2.32. The fourth-order valence-electron chi connectivity index (χ4n) is 12.6. The molecule has 0 saturated heterocycles. The summed E-state index contributed by atoms with van der Waals surface area (Å²) in [6, 6.07) is 42.4. The van der Waals surface area contributed by atoms with Gasteiger partial charge >= 0.3 is 29.8 Å². The van der Waals surface area contributed by atoms with Gasteiger partial charge in [-0.05, 0) is 129 Å². The Morgan fingerprint density at radius 3 is 0.817 bits per heavy atom. The van der Waals surface area contributed by atoms with Gasteiger partial charge in [-0.15, -0.1) is 0 Å². The van der Waals surface area contributed by atoms with Crippen LogP contribution in [0.1, 0.15) is 102 Å². The van der Waals surface area contributed by atoms with Gasteiger partial charge in [0.1, 0.15) is 53.8 Å². The highest BCUT2D eigenvalue weighted by Gasteiger charge is 2.39. The van der Waals surface area contributed by atoms with Crippen LogP contribution in [0.2, 0.25) is 0 Å². The number of fused-ring (bicyclic) bond motifs is 4. The van der Waals surface area contributed by atoms with E-state index in [1.165, 1.54) is 6.07 Å². The zero-order chi connectivity index (χ0) is 77.9. The maximum absolute atomic E-state index is 13.5. The number of carbonyl (C=O) groups is 5. The van der Waals surface area contributed by atoms with E-state index < -0.39 is 171 Å². The van der Waals surface area contributed by atoms with Crippen LogP contribution in [0.5, 0.6) is 0 Å². The van der Waals surface area contributed by atoms with E-state index in [4.69, 9.17) is 28.4 Å². The molecule has 0 heterocycles. The van der Waals surface area contributed by atoms with Crippen LogP contribution in [-0.2, 0) is 86.4 Å². The van der Waals surface area contributed by atoms with Crippen LogP contribution < -0.4 is 0 Å². The number of aliphatic hydroxyl groups is 2. The average Bonchev–Trinajstić information content (AvgIpc) is 0.795. The molecule has 2 N–H and O–H groups in total. The van der Waals surface area contributed by atoms with Crippen LogP contribution in [0.15, 0.2) is 194 Å². The molecule has 4 aliphatic rings. The van der Waals surface area contributed by atoms with Gasteiger partial charge in [-0.25, -0.2) is 85.4 Å². The van der Waals surface area contributed by atoms with Crippen molar-refractivity contribution >= 4 is 29.8 Å². The number of hydrogen-bond donors (Lipinski definition) is 2. The average molecular weight is 1520 g/mol. The Kier molecular flexibility index (Phi) is 25.2. The van der Waals surface area contributed by atoms with E-state index in [9.17, 15) is 95.7 Å². The normalized spacial score (nSPS) is 18.6. The summed E-state index contributed by atoms with van der Waals surface area (Å²) in [5, 5.41) is 18.7. The van der Waals surface area contributed by atoms with Crippen LogP contribution in [0, 0.1) is 81.4 Å². The molecule has 0 aliphatic heterocycles. The first-order valence-corrected chi connectivity index (χ1v) is 33.5. The predicted molar refractivity (Wildman–Crippen MR) is 360 cm³/mol. The molecular weight excluding hydrogens is 1460 g/mol. The minimum Gasteiger partial charge on any atom is -0.456 e. The lowest BCUT2D eigenvalue weighted by Crippen LogP contribution is -2.41. The minimum atomic E-state index is -1.76. The van der Waals surface area contributed by atoms with Gasteiger partial charge in [-0.3, -0.25) is 0 Å². The summed E-state index contributed by atoms with van der Waals surface area (Å²) in [5.41, 5.74) is 5.94. The first-order valence-electron chi connectivity index (χ1n) is 33.5. The topological polar surface area (TPSA) is 181 Å². The van der Waals surface area contributed by atoms with Crippen molar-refractivity contribution in [3.05, 3.63) is 353 Å². The number of rotatable bonds is 13. The number of esters is 5. The Labute approximate surface area is 611 Å². The smallest absolute Gasteiger partial charge is 0.338 e. The zero-order valence-corrected chi connectivity index (χ0v) is 56.6. The second-order valence-electron chi connectivity index (χ2n) is 25.6. The lowest BCUT2D eigenvalue weighted by molar-refractivity contribution is -0.0628. The first kappa shape index (κ1) is 78.5. The third kappa shape index (κ3) is 20.0. The van der Waals surface area contributed by atoms with E-state index in [-0.39, 0.29) is 49.0 Å². The number of benzene rings is 10. The van der Waals surface area contributed by atoms with Crippen LogP contribution in [-0.4, -0.2) is 88.9 Å². The molecule has 109 heavy (non-hydrogen) atoms. The molecule has 10 aromatic rings. The summed E-state index contributed by atoms with van der Waals surface area (Å²) in [6.45, 7) is -0.0107. The number of hydrogen-bond acceptors (Lipinski definition) is 13. The van der Waals surface area contributed by atoms with Crippen molar-refractivity contribution in [3.8, 4) is 0 Å². The molecule has 0 fully saturated rings. The van der Waals surface area contributed by atoms with Crippen molar-refractivity contribution in [1.29, 1.82) is 0 Å². The van der Waals surface area contributed by atoms with Gasteiger partial charge < -0.3 is 38.6 Å². The molecule has 8 atom stereocenters. The Balaban J connectivity index is 0.000000151. The summed E-state index contributed by atoms with van der Waals surface area (Å²) in [5.74, 6) is -23.0. The molecule has 564 valence electrons. The highest BCUT2D eigenvalue weighted by atomic mass is 19.2. The van der Waals surface area contributed by atoms with Crippen LogP contribution in [0.4, 0.5) is 61.5 Å². The van der Waals surface area contributed by atoms with E-state index in [0.29, 0.717) is 67.6 Å². The molecule has 0 spiro atoms. The molecule has 0 amide bonds. The van der Waals surface area contributed by atoms with Crippen molar-refractivity contribution in [2.75, 3.05) is 0 Å². The van der Waals surface area contributed by atoms with Crippen molar-refractivity contribution < 1.29 is 124 Å². The Morgan fingerprint density at radius 2 is 0.514 bits per heavy atom. The molecular formula is C82H60F14O13. The SMILES string of the molecule is O=C(O[C@H]1Cc2ccccc2C[C@H]1OC(=O)c1cc(F)c(F)c(F)c1)c1cc(F)c(F)c(F)c1.O=C(O[C@H]1Cc2ccccc2C[C@H]1OC(=O)c1cc(F)cc(F)c1)c1cc(F)cc(F)c1.O=C(O[C@H]1Cc2ccccc2C[C@H]1OCc1ccc(F)c(F)c1)c1ccc(F)c(F)c1.O[C@@H]1Cc2ccccc2C[C@@H]1O. The van der Waals surface area contributed by atoms with E-state index >= 15 is 0 Å². The third-order valence-electron chi connectivity index (χ3n) is 18.1. The van der Waals surface area contributed by atoms with Crippen molar-refractivity contribution in [2.45, 2.75) is 107 Å². The molecule has 0 saturated carbocycles. The van der Waals surface area contributed by atoms with E-state index in [1.54, 1.807) is 36.4 Å². The van der Waals surface area contributed by atoms with Crippen LogP contribution >= 0.6 is 0 Å². The lowest BCUT2D eigenvalue weighted by atomic mass is 9.87. The van der Waals surface area contributed by atoms with Crippen molar-refractivity contribution in [2.24, 2.45) is 0 Å². The monoisotopic (exact) mass is 1520 g/mol. The molecule has 10 aromatic carbocycles. The van der Waals surface area contributed by atoms with E-state index in [2.05, 4.69) is 0 Å². The van der Waals surface area contributed by atoms with Gasteiger partial charge in [-0.2, -0.15) is 0 Å². The van der Waals surface area contributed by atoms with Crippen LogP contribution in [0.25, 0.3) is 0 Å². The summed E-state index contributed by atoms with van der Waals surface area (Å²) >= 11 is 0. The number of halogens is 14. The molecule has 27 heteroatoms. The van der Waals surface area contributed by atoms with Crippen LogP contribution in [0.3, 0.4) is 0 Å². The fourth-order valence-corrected chi connectivity index (χ4v) is 12.6. The second kappa shape index (κ2) is 35.0. The third-order valence-corrected chi connectivity index (χ3v) is 18.1. The maximum atomic E-state index is 13.5. The number of aliphatic hydroxyl groups excluding tert-OH is 2. The quantitative estimate of drug-likeness (QED) is 0.0482. The van der Waals surface area contributed by atoms with Gasteiger partial charge in [0.05, 0.1) is 52.7 Å². The Bertz CT molecular complexity index is 4750. The molecule has 0 unspecified atom stereocenters. The number of ether oxygens (including phenoxy) is 6. The predicted octanol–water partition coefficient (Wildman–Crippen LogP) is 15.5. The Hall–Kier alpha value is -11.6. The molecule has 13 nitrogen and oxygen atoms in total. The number of carbonyl (C=O) groups excluding carboxylic acids is 5. The van der Waals surface area contributed by atoms with Gasteiger partial charge in [0.15, 0.2) is 58.2 Å². The molecule has 4 aliphatic carbocycles. The summed E-state index contributed by atoms with van der Waals surface area (Å²) in [7, 11) is 0. The molecule has 0 aromatic heterocycles. The van der Waals surface area contributed by atoms with E-state index in [0.717, 1.165) is 99.1 Å². The molecule has 14 rings (SSSR count). The maximum Gasteiger partial charge on any atom is 0.338 e. The largest absolute Gasteiger partial charge is 0.456 e. The zero-order valence-electron chi connectivity index (χ0n) is 56.6. The Morgan fingerprint density at radius 1 is 0.266 bits per heavy atom. The summed E-state index contributed by atoms with van der Waals surface area (Å²) in [4.78, 5) is 62.6. The minimum absolute atomic E-state index is 0.0107. The fraction of sp³-hybridized carbons (Fsp3) is 0.207. The van der Waals surface area contributed by atoms with Gasteiger partial charge in [0, 0.05) is 63.5 Å². The van der Waals surface area contributed by atoms with Gasteiger partial charge in [0.2, 0.25) is 0 Å². The first-order chi connectivity index (χ1) is 52.1. The highest BCUT2D eigenvalue weighted by Crippen LogP contribution is 2.33.